The molecule has 0 aliphatic heterocycles. The van der Waals surface area contributed by atoms with Gasteiger partial charge in [0.25, 0.3) is 0 Å². The fraction of sp³-hybridized carbons (Fsp3) is 0.167. The molecule has 2 rings (SSSR count). The highest BCUT2D eigenvalue weighted by Crippen LogP contribution is 2.29. The number of ether oxygens (including phenoxy) is 1. The molecule has 0 unspecified atom stereocenters. The monoisotopic (exact) mass is 320 g/mol. The Labute approximate surface area is 132 Å². The number of alkyl halides is 3. The predicted molar refractivity (Wildman–Crippen MR) is 82.5 cm³/mol. The molecule has 0 atom stereocenters. The van der Waals surface area contributed by atoms with Gasteiger partial charge in [0.15, 0.2) is 5.78 Å². The molecule has 0 aliphatic rings. The van der Waals surface area contributed by atoms with Crippen molar-refractivity contribution in [2.75, 3.05) is 7.11 Å². The molecule has 0 heterocycles. The van der Waals surface area contributed by atoms with Crippen molar-refractivity contribution in [3.63, 3.8) is 0 Å². The number of halogens is 3. The summed E-state index contributed by atoms with van der Waals surface area (Å²) in [5, 5.41) is 0. The van der Waals surface area contributed by atoms with Gasteiger partial charge in [-0.2, -0.15) is 13.2 Å². The maximum atomic E-state index is 12.7. The van der Waals surface area contributed by atoms with Gasteiger partial charge in [0.1, 0.15) is 5.75 Å². The number of hydrogen-bond donors (Lipinski definition) is 0. The number of hydrogen-bond acceptors (Lipinski definition) is 2. The van der Waals surface area contributed by atoms with Gasteiger partial charge in [-0.3, -0.25) is 4.79 Å². The number of methoxy groups -OCH3 is 1. The number of benzene rings is 2. The molecule has 0 bridgehead atoms. The van der Waals surface area contributed by atoms with Crippen LogP contribution in [0.4, 0.5) is 13.2 Å². The van der Waals surface area contributed by atoms with E-state index in [1.54, 1.807) is 18.2 Å². The van der Waals surface area contributed by atoms with E-state index in [9.17, 15) is 18.0 Å². The van der Waals surface area contributed by atoms with E-state index in [0.29, 0.717) is 16.9 Å². The molecule has 0 amide bonds. The summed E-state index contributed by atoms with van der Waals surface area (Å²) in [6.07, 6.45) is -1.78. The van der Waals surface area contributed by atoms with E-state index >= 15 is 0 Å². The maximum absolute atomic E-state index is 12.7. The molecule has 0 saturated heterocycles. The first-order chi connectivity index (χ1) is 10.8. The Bertz CT molecular complexity index is 746. The van der Waals surface area contributed by atoms with Crippen LogP contribution in [-0.4, -0.2) is 12.9 Å². The highest BCUT2D eigenvalue weighted by Gasteiger charge is 2.30. The largest absolute Gasteiger partial charge is 0.497 e. The standard InChI is InChI=1S/C18H15F3O2/c1-12-8-14(11-16(9-12)23-2)17(22)7-6-13-4-3-5-15(10-13)18(19,20)21/h3-11H,1-2H3/b7-6+. The van der Waals surface area contributed by atoms with Crippen molar-refractivity contribution >= 4 is 11.9 Å². The van der Waals surface area contributed by atoms with Crippen LogP contribution in [0.2, 0.25) is 0 Å². The minimum Gasteiger partial charge on any atom is -0.497 e. The number of carbonyl (C=O) groups excluding carboxylic acids is 1. The molecule has 0 aliphatic carbocycles. The van der Waals surface area contributed by atoms with Gasteiger partial charge in [0.2, 0.25) is 0 Å². The first-order valence-electron chi connectivity index (χ1n) is 6.85. The van der Waals surface area contributed by atoms with Crippen LogP contribution < -0.4 is 4.74 Å². The Morgan fingerprint density at radius 2 is 1.87 bits per heavy atom. The van der Waals surface area contributed by atoms with Gasteiger partial charge in [-0.25, -0.2) is 0 Å². The van der Waals surface area contributed by atoms with E-state index in [4.69, 9.17) is 4.74 Å². The third-order valence-corrected chi connectivity index (χ3v) is 3.21. The fourth-order valence-corrected chi connectivity index (χ4v) is 2.09. The maximum Gasteiger partial charge on any atom is 0.416 e. The van der Waals surface area contributed by atoms with E-state index in [0.717, 1.165) is 17.7 Å². The molecular formula is C18H15F3O2. The summed E-state index contributed by atoms with van der Waals surface area (Å²) < 4.78 is 43.1. The first-order valence-corrected chi connectivity index (χ1v) is 6.85. The summed E-state index contributed by atoms with van der Waals surface area (Å²) in [5.41, 5.74) is 0.849. The first kappa shape index (κ1) is 16.8. The fourth-order valence-electron chi connectivity index (χ4n) is 2.09. The normalized spacial score (nSPS) is 11.7. The second-order valence-corrected chi connectivity index (χ2v) is 5.06. The smallest absolute Gasteiger partial charge is 0.416 e. The molecule has 2 nitrogen and oxygen atoms in total. The molecule has 0 fully saturated rings. The molecule has 0 saturated carbocycles. The lowest BCUT2D eigenvalue weighted by molar-refractivity contribution is -0.137. The number of aryl methyl sites for hydroxylation is 1. The lowest BCUT2D eigenvalue weighted by Gasteiger charge is -2.06. The molecular weight excluding hydrogens is 305 g/mol. The van der Waals surface area contributed by atoms with Crippen LogP contribution in [-0.2, 0) is 6.18 Å². The van der Waals surface area contributed by atoms with Crippen LogP contribution in [0.3, 0.4) is 0 Å². The highest BCUT2D eigenvalue weighted by molar-refractivity contribution is 6.07. The Morgan fingerprint density at radius 3 is 2.52 bits per heavy atom. The number of carbonyl (C=O) groups is 1. The molecule has 23 heavy (non-hydrogen) atoms. The molecule has 0 spiro atoms. The Morgan fingerprint density at radius 1 is 1.13 bits per heavy atom. The third-order valence-electron chi connectivity index (χ3n) is 3.21. The summed E-state index contributed by atoms with van der Waals surface area (Å²) in [6.45, 7) is 1.83. The zero-order chi connectivity index (χ0) is 17.0. The summed E-state index contributed by atoms with van der Waals surface area (Å²) in [7, 11) is 1.50. The van der Waals surface area contributed by atoms with Gasteiger partial charge in [0, 0.05) is 5.56 Å². The van der Waals surface area contributed by atoms with E-state index in [1.807, 2.05) is 6.92 Å². The number of ketones is 1. The van der Waals surface area contributed by atoms with Crippen LogP contribution in [0.5, 0.6) is 5.75 Å². The van der Waals surface area contributed by atoms with E-state index in [-0.39, 0.29) is 5.78 Å². The van der Waals surface area contributed by atoms with Crippen LogP contribution in [0.15, 0.2) is 48.5 Å². The van der Waals surface area contributed by atoms with Crippen molar-refractivity contribution in [2.45, 2.75) is 13.1 Å². The van der Waals surface area contributed by atoms with E-state index in [1.165, 1.54) is 31.4 Å². The van der Waals surface area contributed by atoms with Crippen LogP contribution in [0, 0.1) is 6.92 Å². The molecule has 5 heteroatoms. The van der Waals surface area contributed by atoms with Gasteiger partial charge < -0.3 is 4.74 Å². The Hall–Kier alpha value is -2.56. The second kappa shape index (κ2) is 6.69. The van der Waals surface area contributed by atoms with Crippen molar-refractivity contribution in [3.05, 3.63) is 70.8 Å². The summed E-state index contributed by atoms with van der Waals surface area (Å²) in [4.78, 5) is 12.2. The molecule has 0 N–H and O–H groups in total. The van der Waals surface area contributed by atoms with Crippen molar-refractivity contribution in [2.24, 2.45) is 0 Å². The van der Waals surface area contributed by atoms with Crippen molar-refractivity contribution in [1.29, 1.82) is 0 Å². The van der Waals surface area contributed by atoms with Crippen LogP contribution in [0.1, 0.15) is 27.0 Å². The average Bonchev–Trinajstić information content (AvgIpc) is 2.51. The zero-order valence-electron chi connectivity index (χ0n) is 12.6. The molecule has 120 valence electrons. The second-order valence-electron chi connectivity index (χ2n) is 5.06. The number of allylic oxidation sites excluding steroid dienone is 1. The van der Waals surface area contributed by atoms with Crippen molar-refractivity contribution in [3.8, 4) is 5.75 Å². The van der Waals surface area contributed by atoms with E-state index < -0.39 is 11.7 Å². The van der Waals surface area contributed by atoms with Gasteiger partial charge in [-0.05, 0) is 54.5 Å². The Balaban J connectivity index is 2.23. The average molecular weight is 320 g/mol. The summed E-state index contributed by atoms with van der Waals surface area (Å²) in [5.74, 6) is 0.255. The molecule has 2 aromatic carbocycles. The summed E-state index contributed by atoms with van der Waals surface area (Å²) in [6, 6.07) is 9.88. The quantitative estimate of drug-likeness (QED) is 0.590. The SMILES string of the molecule is COc1cc(C)cc(C(=O)/C=C/c2cccc(C(F)(F)F)c2)c1. The van der Waals surface area contributed by atoms with Crippen molar-refractivity contribution in [1.82, 2.24) is 0 Å². The lowest BCUT2D eigenvalue weighted by atomic mass is 10.1. The molecule has 0 aromatic heterocycles. The van der Waals surface area contributed by atoms with Gasteiger partial charge >= 0.3 is 6.18 Å². The van der Waals surface area contributed by atoms with Crippen LogP contribution >= 0.6 is 0 Å². The number of rotatable bonds is 4. The van der Waals surface area contributed by atoms with Gasteiger partial charge in [-0.15, -0.1) is 0 Å². The topological polar surface area (TPSA) is 26.3 Å². The third kappa shape index (κ3) is 4.45. The minimum absolute atomic E-state index is 0.301. The van der Waals surface area contributed by atoms with Crippen LogP contribution in [0.25, 0.3) is 6.08 Å². The summed E-state index contributed by atoms with van der Waals surface area (Å²) >= 11 is 0. The lowest BCUT2D eigenvalue weighted by Crippen LogP contribution is -2.04. The van der Waals surface area contributed by atoms with Gasteiger partial charge in [-0.1, -0.05) is 18.2 Å². The zero-order valence-corrected chi connectivity index (χ0v) is 12.6. The van der Waals surface area contributed by atoms with Gasteiger partial charge in [0.05, 0.1) is 12.7 Å². The van der Waals surface area contributed by atoms with E-state index in [2.05, 4.69) is 0 Å². The molecule has 0 radical (unpaired) electrons. The molecule has 2 aromatic rings. The highest BCUT2D eigenvalue weighted by atomic mass is 19.4. The van der Waals surface area contributed by atoms with Crippen molar-refractivity contribution < 1.29 is 22.7 Å². The minimum atomic E-state index is -4.40. The Kier molecular flexibility index (Phi) is 4.89. The predicted octanol–water partition coefficient (Wildman–Crippen LogP) is 4.92.